The number of hydrogen-bond acceptors (Lipinski definition) is 15. The van der Waals surface area contributed by atoms with Crippen LogP contribution in [0.5, 0.6) is 11.5 Å². The summed E-state index contributed by atoms with van der Waals surface area (Å²) < 4.78 is 76.8. The quantitative estimate of drug-likeness (QED) is 0.0556. The topological polar surface area (TPSA) is 257 Å². The van der Waals surface area contributed by atoms with Crippen LogP contribution < -0.4 is 46.7 Å². The Kier molecular flexibility index (Phi) is 23.1. The SMILES string of the molecule is C#CCN(c1ccc(N(CC(=O)O)S(=O)(=O)c2cccc(OC)c2)c2ccccc12)[C@@H](C)CC(=O)O.C#CCN(c1ccc(N(CC(=O)OC)S(=O)(=O)c2cccc(OC)c2)c2ccccc12)[C@@H](C)CC(=O)OC.[Li+].[OH-]. The van der Waals surface area contributed by atoms with Crippen LogP contribution >= 0.6 is 0 Å². The molecule has 0 aliphatic heterocycles. The first-order chi connectivity index (χ1) is 35.3. The van der Waals surface area contributed by atoms with E-state index in [4.69, 9.17) is 31.8 Å². The Morgan fingerprint density at radius 3 is 1.25 bits per heavy atom. The predicted octanol–water partition coefficient (Wildman–Crippen LogP) is 3.87. The second kappa shape index (κ2) is 28.1. The van der Waals surface area contributed by atoms with Gasteiger partial charge in [0.1, 0.15) is 24.6 Å². The number of carbonyl (C=O) groups excluding carboxylic acids is 2. The number of nitrogens with zero attached hydrogens (tertiary/aromatic N) is 4. The van der Waals surface area contributed by atoms with Crippen molar-refractivity contribution in [2.45, 2.75) is 48.6 Å². The normalized spacial score (nSPS) is 11.5. The van der Waals surface area contributed by atoms with Gasteiger partial charge in [0, 0.05) is 57.1 Å². The van der Waals surface area contributed by atoms with E-state index >= 15 is 0 Å². The van der Waals surface area contributed by atoms with Crippen LogP contribution in [-0.4, -0.2) is 123 Å². The Morgan fingerprint density at radius 1 is 0.526 bits per heavy atom. The zero-order valence-corrected chi connectivity index (χ0v) is 44.6. The van der Waals surface area contributed by atoms with Gasteiger partial charge in [-0.2, -0.15) is 0 Å². The number of methoxy groups -OCH3 is 4. The zero-order chi connectivity index (χ0) is 54.3. The number of hydrogen-bond donors (Lipinski definition) is 2. The summed E-state index contributed by atoms with van der Waals surface area (Å²) in [6.07, 6.45) is 11.1. The molecule has 0 amide bonds. The Hall–Kier alpha value is -7.90. The van der Waals surface area contributed by atoms with E-state index in [1.807, 2.05) is 24.0 Å². The molecule has 0 fully saturated rings. The van der Waals surface area contributed by atoms with Gasteiger partial charge in [0.15, 0.2) is 0 Å². The van der Waals surface area contributed by atoms with Crippen molar-refractivity contribution < 1.29 is 89.5 Å². The number of carbonyl (C=O) groups is 4. The van der Waals surface area contributed by atoms with E-state index in [0.29, 0.717) is 44.4 Å². The summed E-state index contributed by atoms with van der Waals surface area (Å²) in [7, 11) is -3.16. The van der Waals surface area contributed by atoms with Crippen molar-refractivity contribution in [3.63, 3.8) is 0 Å². The summed E-state index contributed by atoms with van der Waals surface area (Å²) in [5.41, 5.74) is 1.75. The van der Waals surface area contributed by atoms with Crippen LogP contribution in [0.3, 0.4) is 0 Å². The van der Waals surface area contributed by atoms with Crippen LogP contribution in [0.2, 0.25) is 0 Å². The van der Waals surface area contributed by atoms with Crippen LogP contribution in [0.1, 0.15) is 26.7 Å². The summed E-state index contributed by atoms with van der Waals surface area (Å²) in [6.45, 7) is 2.55. The third-order valence-corrected chi connectivity index (χ3v) is 15.2. The molecule has 0 unspecified atom stereocenters. The molecule has 19 nitrogen and oxygen atoms in total. The van der Waals surface area contributed by atoms with Crippen molar-refractivity contribution in [2.24, 2.45) is 0 Å². The van der Waals surface area contributed by atoms with Crippen molar-refractivity contribution >= 4 is 88.2 Å². The van der Waals surface area contributed by atoms with Gasteiger partial charge < -0.3 is 44.4 Å². The molecule has 0 bridgehead atoms. The average Bonchev–Trinajstić information content (AvgIpc) is 3.39. The van der Waals surface area contributed by atoms with Gasteiger partial charge in [0.2, 0.25) is 0 Å². The molecular formula is C54H57LiN4O15S2. The van der Waals surface area contributed by atoms with Crippen molar-refractivity contribution in [1.82, 2.24) is 0 Å². The van der Waals surface area contributed by atoms with E-state index in [1.54, 1.807) is 84.6 Å². The van der Waals surface area contributed by atoms with E-state index in [2.05, 4.69) is 11.8 Å². The molecule has 6 rings (SSSR count). The second-order valence-electron chi connectivity index (χ2n) is 16.4. The number of carboxylic acids is 2. The van der Waals surface area contributed by atoms with Gasteiger partial charge in [-0.05, 0) is 62.4 Å². The van der Waals surface area contributed by atoms with Crippen molar-refractivity contribution in [3.05, 3.63) is 121 Å². The van der Waals surface area contributed by atoms with E-state index in [1.165, 1.54) is 64.8 Å². The third-order valence-electron chi connectivity index (χ3n) is 11.7. The number of benzene rings is 6. The van der Waals surface area contributed by atoms with Crippen molar-refractivity contribution in [3.8, 4) is 36.2 Å². The van der Waals surface area contributed by atoms with Crippen LogP contribution in [0, 0.1) is 24.7 Å². The molecule has 0 saturated carbocycles. The minimum Gasteiger partial charge on any atom is -0.870 e. The first-order valence-corrected chi connectivity index (χ1v) is 25.5. The summed E-state index contributed by atoms with van der Waals surface area (Å²) in [4.78, 5) is 50.9. The molecule has 0 radical (unpaired) electrons. The molecule has 0 heterocycles. The van der Waals surface area contributed by atoms with Crippen molar-refractivity contribution in [2.75, 3.05) is 73.0 Å². The zero-order valence-electron chi connectivity index (χ0n) is 42.9. The number of rotatable bonds is 22. The van der Waals surface area contributed by atoms with Gasteiger partial charge in [-0.3, -0.25) is 27.8 Å². The first kappa shape index (κ1) is 62.4. The maximum atomic E-state index is 13.9. The molecule has 0 aromatic heterocycles. The minimum absolute atomic E-state index is 0. The number of sulfonamides is 2. The van der Waals surface area contributed by atoms with Crippen molar-refractivity contribution in [1.29, 1.82) is 0 Å². The second-order valence-corrected chi connectivity index (χ2v) is 20.1. The number of terminal acetylenes is 2. The van der Waals surface area contributed by atoms with Crippen LogP contribution in [0.4, 0.5) is 22.7 Å². The number of esters is 2. The molecule has 6 aromatic carbocycles. The summed E-state index contributed by atoms with van der Waals surface area (Å²) in [6, 6.07) is 31.6. The fraction of sp³-hybridized carbons (Fsp3) is 0.259. The smallest absolute Gasteiger partial charge is 0.870 e. The molecule has 22 heteroatoms. The summed E-state index contributed by atoms with van der Waals surface area (Å²) >= 11 is 0. The Morgan fingerprint density at radius 2 is 0.895 bits per heavy atom. The molecule has 6 aromatic rings. The van der Waals surface area contributed by atoms with Gasteiger partial charge in [-0.25, -0.2) is 16.8 Å². The monoisotopic (exact) mass is 1070 g/mol. The minimum atomic E-state index is -4.30. The van der Waals surface area contributed by atoms with Crippen LogP contribution in [0.25, 0.3) is 21.5 Å². The molecule has 2 atom stereocenters. The van der Waals surface area contributed by atoms with Gasteiger partial charge in [0.25, 0.3) is 20.0 Å². The molecule has 0 spiro atoms. The first-order valence-electron chi connectivity index (χ1n) is 22.6. The van der Waals surface area contributed by atoms with Crippen LogP contribution in [-0.2, 0) is 48.7 Å². The third kappa shape index (κ3) is 14.7. The molecular weight excluding hydrogens is 1020 g/mol. The molecule has 0 saturated heterocycles. The molecule has 0 aliphatic carbocycles. The fourth-order valence-corrected chi connectivity index (χ4v) is 11.0. The fourth-order valence-electron chi connectivity index (χ4n) is 8.10. The van der Waals surface area contributed by atoms with E-state index < -0.39 is 57.1 Å². The Balaban J connectivity index is 0.000000391. The molecule has 76 heavy (non-hydrogen) atoms. The summed E-state index contributed by atoms with van der Waals surface area (Å²) in [5, 5.41) is 21.2. The Labute approximate surface area is 454 Å². The maximum Gasteiger partial charge on any atom is 1.00 e. The number of carboxylic acid groups (broad SMARTS) is 2. The van der Waals surface area contributed by atoms with Gasteiger partial charge >= 0.3 is 42.7 Å². The molecule has 0 aliphatic rings. The number of anilines is 4. The molecule has 396 valence electrons. The number of ether oxygens (including phenoxy) is 4. The Bertz CT molecular complexity index is 3340. The maximum absolute atomic E-state index is 13.9. The number of fused-ring (bicyclic) bond motifs is 2. The van der Waals surface area contributed by atoms with Gasteiger partial charge in [-0.15, -0.1) is 12.8 Å². The largest absolute Gasteiger partial charge is 1.00 e. The van der Waals surface area contributed by atoms with Crippen LogP contribution in [0.15, 0.2) is 131 Å². The van der Waals surface area contributed by atoms with E-state index in [9.17, 15) is 46.2 Å². The van der Waals surface area contributed by atoms with Gasteiger partial charge in [-0.1, -0.05) is 72.5 Å². The van der Waals surface area contributed by atoms with E-state index in [0.717, 1.165) is 8.61 Å². The number of aliphatic carboxylic acids is 2. The molecule has 3 N–H and O–H groups in total. The predicted molar refractivity (Wildman–Crippen MR) is 285 cm³/mol. The average molecular weight is 1070 g/mol. The summed E-state index contributed by atoms with van der Waals surface area (Å²) in [5.74, 6) is 2.40. The van der Waals surface area contributed by atoms with Gasteiger partial charge in [0.05, 0.1) is 75.5 Å². The van der Waals surface area contributed by atoms with E-state index in [-0.39, 0.29) is 83.4 Å². The standard InChI is InChI=1S/C28H30N2O7S.C26H26N2O7S.Li.H2O/c1-6-16-29(20(2)17-27(31)36-4)25-14-15-26(24-13-8-7-12-23(24)25)30(19-28(32)37-5)38(33,34)22-11-9-10-21(18-22)35-3;1-4-14-27(18(2)15-25(29)30)23-12-13-24(22-11-6-5-10-21(22)23)28(17-26(31)32)36(33,34)20-9-7-8-19(16-20)35-3;;/h1,7-15,18,20H,16-17,19H2,2-5H3;1,5-13,16,18H,14-15,17H2,2-3H3,(H,29,30)(H,31,32);;1H2/q;;+1;/p-1/t20-;18-;;/m00../s1.